The Morgan fingerprint density at radius 2 is 1.93 bits per heavy atom. The van der Waals surface area contributed by atoms with Crippen molar-refractivity contribution in [2.75, 3.05) is 0 Å². The van der Waals surface area contributed by atoms with Crippen molar-refractivity contribution in [3.63, 3.8) is 0 Å². The SMILES string of the molecule is C=C1C=CC(Br)=CN1C(=O)C(C)=C(C)C. The van der Waals surface area contributed by atoms with Gasteiger partial charge in [0.25, 0.3) is 5.91 Å². The molecule has 0 spiro atoms. The highest BCUT2D eigenvalue weighted by Gasteiger charge is 2.18. The Morgan fingerprint density at radius 1 is 1.33 bits per heavy atom. The largest absolute Gasteiger partial charge is 0.284 e. The van der Waals surface area contributed by atoms with E-state index in [0.717, 1.165) is 15.6 Å². The lowest BCUT2D eigenvalue weighted by Gasteiger charge is -2.22. The van der Waals surface area contributed by atoms with Gasteiger partial charge in [0.05, 0.1) is 0 Å². The average Bonchev–Trinajstić information content (AvgIpc) is 2.19. The van der Waals surface area contributed by atoms with Gasteiger partial charge in [-0.25, -0.2) is 0 Å². The summed E-state index contributed by atoms with van der Waals surface area (Å²) in [5.41, 5.74) is 2.46. The lowest BCUT2D eigenvalue weighted by atomic mass is 10.1. The Labute approximate surface area is 98.8 Å². The predicted octanol–water partition coefficient (Wildman–Crippen LogP) is 3.49. The summed E-state index contributed by atoms with van der Waals surface area (Å²) in [5.74, 6) is -0.0266. The first-order valence-corrected chi connectivity index (χ1v) is 5.44. The highest BCUT2D eigenvalue weighted by Crippen LogP contribution is 2.21. The van der Waals surface area contributed by atoms with Gasteiger partial charge in [-0.05, 0) is 48.9 Å². The Hall–Kier alpha value is -1.09. The van der Waals surface area contributed by atoms with Crippen LogP contribution in [-0.4, -0.2) is 10.8 Å². The van der Waals surface area contributed by atoms with E-state index in [2.05, 4.69) is 22.5 Å². The zero-order chi connectivity index (χ0) is 11.6. The summed E-state index contributed by atoms with van der Waals surface area (Å²) in [4.78, 5) is 13.6. The van der Waals surface area contributed by atoms with Crippen LogP contribution < -0.4 is 0 Å². The van der Waals surface area contributed by atoms with Crippen LogP contribution in [0.3, 0.4) is 0 Å². The molecule has 80 valence electrons. The standard InChI is InChI=1S/C12H14BrNO/c1-8(2)10(4)12(15)14-7-11(13)6-5-9(14)3/h5-7H,3H2,1-2,4H3. The molecule has 0 unspecified atom stereocenters. The van der Waals surface area contributed by atoms with Gasteiger partial charge in [0, 0.05) is 22.0 Å². The molecule has 0 saturated carbocycles. The van der Waals surface area contributed by atoms with E-state index in [9.17, 15) is 4.79 Å². The topological polar surface area (TPSA) is 20.3 Å². The molecule has 1 aliphatic rings. The Morgan fingerprint density at radius 3 is 2.47 bits per heavy atom. The second kappa shape index (κ2) is 4.62. The number of carbonyl (C=O) groups is 1. The van der Waals surface area contributed by atoms with Crippen LogP contribution in [0.5, 0.6) is 0 Å². The second-order valence-electron chi connectivity index (χ2n) is 3.64. The number of rotatable bonds is 1. The van der Waals surface area contributed by atoms with Crippen molar-refractivity contribution in [3.05, 3.63) is 46.3 Å². The third-order valence-electron chi connectivity index (χ3n) is 2.29. The maximum absolute atomic E-state index is 12.0. The normalized spacial score (nSPS) is 15.1. The maximum atomic E-state index is 12.0. The van der Waals surface area contributed by atoms with E-state index in [1.54, 1.807) is 17.2 Å². The van der Waals surface area contributed by atoms with Crippen LogP contribution >= 0.6 is 15.9 Å². The fourth-order valence-electron chi connectivity index (χ4n) is 1.09. The molecule has 3 heteroatoms. The summed E-state index contributed by atoms with van der Waals surface area (Å²) in [7, 11) is 0. The van der Waals surface area contributed by atoms with Gasteiger partial charge in [0.15, 0.2) is 0 Å². The van der Waals surface area contributed by atoms with Crippen molar-refractivity contribution in [2.45, 2.75) is 20.8 Å². The molecular formula is C12H14BrNO. The fourth-order valence-corrected chi connectivity index (χ4v) is 1.43. The van der Waals surface area contributed by atoms with Crippen LogP contribution in [0.15, 0.2) is 46.3 Å². The first kappa shape index (κ1) is 12.0. The van der Waals surface area contributed by atoms with E-state index >= 15 is 0 Å². The maximum Gasteiger partial charge on any atom is 0.257 e. The van der Waals surface area contributed by atoms with E-state index in [-0.39, 0.29) is 5.91 Å². The molecule has 1 heterocycles. The third kappa shape index (κ3) is 2.69. The van der Waals surface area contributed by atoms with Crippen molar-refractivity contribution >= 4 is 21.8 Å². The van der Waals surface area contributed by atoms with E-state index in [1.165, 1.54) is 0 Å². The first-order chi connectivity index (χ1) is 6.93. The monoisotopic (exact) mass is 267 g/mol. The molecule has 1 amide bonds. The molecule has 0 saturated heterocycles. The smallest absolute Gasteiger partial charge is 0.257 e. The number of carbonyl (C=O) groups excluding carboxylic acids is 1. The van der Waals surface area contributed by atoms with Gasteiger partial charge in [-0.1, -0.05) is 12.2 Å². The van der Waals surface area contributed by atoms with Crippen molar-refractivity contribution in [1.82, 2.24) is 4.90 Å². The highest BCUT2D eigenvalue weighted by molar-refractivity contribution is 9.11. The molecule has 0 fully saturated rings. The Kier molecular flexibility index (Phi) is 3.69. The molecule has 0 aromatic heterocycles. The molecule has 0 aliphatic carbocycles. The minimum atomic E-state index is -0.0266. The lowest BCUT2D eigenvalue weighted by Crippen LogP contribution is -2.26. The lowest BCUT2D eigenvalue weighted by molar-refractivity contribution is -0.123. The summed E-state index contributed by atoms with van der Waals surface area (Å²) < 4.78 is 0.866. The first-order valence-electron chi connectivity index (χ1n) is 4.65. The van der Waals surface area contributed by atoms with Crippen LogP contribution in [0, 0.1) is 0 Å². The van der Waals surface area contributed by atoms with E-state index < -0.39 is 0 Å². The summed E-state index contributed by atoms with van der Waals surface area (Å²) in [5, 5.41) is 0. The molecule has 0 atom stereocenters. The van der Waals surface area contributed by atoms with Gasteiger partial charge in [0.1, 0.15) is 0 Å². The van der Waals surface area contributed by atoms with Crippen molar-refractivity contribution in [2.24, 2.45) is 0 Å². The minimum absolute atomic E-state index is 0.0266. The van der Waals surface area contributed by atoms with Gasteiger partial charge >= 0.3 is 0 Å². The number of amides is 1. The third-order valence-corrected chi connectivity index (χ3v) is 2.76. The van der Waals surface area contributed by atoms with Gasteiger partial charge in [0.2, 0.25) is 0 Å². The molecule has 0 radical (unpaired) electrons. The van der Waals surface area contributed by atoms with Crippen molar-refractivity contribution in [3.8, 4) is 0 Å². The number of halogens is 1. The van der Waals surface area contributed by atoms with E-state index in [0.29, 0.717) is 5.70 Å². The van der Waals surface area contributed by atoms with Crippen LogP contribution in [0.4, 0.5) is 0 Å². The number of hydrogen-bond donors (Lipinski definition) is 0. The highest BCUT2D eigenvalue weighted by atomic mass is 79.9. The Bertz CT molecular complexity index is 398. The minimum Gasteiger partial charge on any atom is -0.284 e. The van der Waals surface area contributed by atoms with Crippen molar-refractivity contribution in [1.29, 1.82) is 0 Å². The van der Waals surface area contributed by atoms with Gasteiger partial charge in [-0.3, -0.25) is 9.69 Å². The van der Waals surface area contributed by atoms with Gasteiger partial charge in [-0.2, -0.15) is 0 Å². The van der Waals surface area contributed by atoms with Crippen LogP contribution in [0.2, 0.25) is 0 Å². The molecule has 2 nitrogen and oxygen atoms in total. The quantitative estimate of drug-likeness (QED) is 0.666. The molecule has 15 heavy (non-hydrogen) atoms. The van der Waals surface area contributed by atoms with Crippen molar-refractivity contribution < 1.29 is 4.79 Å². The van der Waals surface area contributed by atoms with E-state index in [1.807, 2.05) is 26.8 Å². The predicted molar refractivity (Wildman–Crippen MR) is 66.2 cm³/mol. The summed E-state index contributed by atoms with van der Waals surface area (Å²) >= 11 is 3.33. The molecule has 0 bridgehead atoms. The Balaban J connectivity index is 3.00. The number of nitrogens with zero attached hydrogens (tertiary/aromatic N) is 1. The zero-order valence-corrected chi connectivity index (χ0v) is 10.8. The van der Waals surface area contributed by atoms with Gasteiger partial charge in [-0.15, -0.1) is 0 Å². The molecular weight excluding hydrogens is 254 g/mol. The summed E-state index contributed by atoms with van der Waals surface area (Å²) in [6.45, 7) is 9.50. The number of allylic oxidation sites excluding steroid dienone is 4. The number of hydrogen-bond acceptors (Lipinski definition) is 1. The molecule has 0 N–H and O–H groups in total. The van der Waals surface area contributed by atoms with Gasteiger partial charge < -0.3 is 0 Å². The fraction of sp³-hybridized carbons (Fsp3) is 0.250. The van der Waals surface area contributed by atoms with Crippen LogP contribution in [-0.2, 0) is 4.79 Å². The van der Waals surface area contributed by atoms with Crippen LogP contribution in [0.1, 0.15) is 20.8 Å². The summed E-state index contributed by atoms with van der Waals surface area (Å²) in [6.07, 6.45) is 5.40. The van der Waals surface area contributed by atoms with E-state index in [4.69, 9.17) is 0 Å². The average molecular weight is 268 g/mol. The molecule has 1 rings (SSSR count). The van der Waals surface area contributed by atoms with Crippen LogP contribution in [0.25, 0.3) is 0 Å². The summed E-state index contributed by atoms with van der Waals surface area (Å²) in [6, 6.07) is 0. The second-order valence-corrected chi connectivity index (χ2v) is 4.55. The molecule has 0 aromatic carbocycles. The molecule has 1 aliphatic heterocycles. The molecule has 0 aromatic rings. The zero-order valence-electron chi connectivity index (χ0n) is 9.17.